The Morgan fingerprint density at radius 2 is 1.73 bits per heavy atom. The predicted molar refractivity (Wildman–Crippen MR) is 54.5 cm³/mol. The quantitative estimate of drug-likeness (QED) is 0.595. The molecule has 0 N–H and O–H groups in total. The maximum Gasteiger partial charge on any atom is 0.410 e. The van der Waals surface area contributed by atoms with Gasteiger partial charge < -0.3 is 3.79 Å². The molecule has 0 aliphatic heterocycles. The molecule has 11 heavy (non-hydrogen) atoms. The second kappa shape index (κ2) is 13.1. The molecule has 1 nitrogen and oxygen atoms in total. The maximum absolute atomic E-state index is 4.83. The van der Waals surface area contributed by atoms with Crippen LogP contribution in [0.3, 0.4) is 0 Å². The van der Waals surface area contributed by atoms with Gasteiger partial charge in [0, 0.05) is 6.61 Å². The van der Waals surface area contributed by atoms with Crippen molar-refractivity contribution in [2.24, 2.45) is 5.92 Å². The van der Waals surface area contributed by atoms with Crippen LogP contribution < -0.4 is 0 Å². The van der Waals surface area contributed by atoms with Crippen molar-refractivity contribution in [3.8, 4) is 0 Å². The van der Waals surface area contributed by atoms with Crippen molar-refractivity contribution in [1.82, 2.24) is 0 Å². The van der Waals surface area contributed by atoms with Crippen molar-refractivity contribution in [1.29, 1.82) is 0 Å². The molecule has 0 spiro atoms. The standard InChI is InChI=1S/C6H14.C3H7O.Al.2H/c1-4-5-6(2)3;1-2-3-4;;;/h6H,4-5H2,1-3H3;2-3H2,1H3;;;/q;-1;+1;;. The molecule has 0 heterocycles. The summed E-state index contributed by atoms with van der Waals surface area (Å²) in [6, 6.07) is 0. The SMILES string of the molecule is CCCC(C)C.CCC[O][AlH2]. The number of hydrogen-bond acceptors (Lipinski definition) is 1. The second-order valence-corrected chi connectivity index (χ2v) is 3.75. The minimum Gasteiger partial charge on any atom is -0.506 e. The van der Waals surface area contributed by atoms with Crippen molar-refractivity contribution < 1.29 is 3.79 Å². The first kappa shape index (κ1) is 14.0. The highest BCUT2D eigenvalue weighted by atomic mass is 27.1. The Morgan fingerprint density at radius 3 is 1.73 bits per heavy atom. The second-order valence-electron chi connectivity index (χ2n) is 3.18. The molecule has 0 atom stereocenters. The first-order valence-corrected chi connectivity index (χ1v) is 5.49. The van der Waals surface area contributed by atoms with Gasteiger partial charge in [0.15, 0.2) is 0 Å². The zero-order valence-electron chi connectivity index (χ0n) is 8.81. The minimum atomic E-state index is 0.898. The van der Waals surface area contributed by atoms with Gasteiger partial charge in [0.25, 0.3) is 0 Å². The van der Waals surface area contributed by atoms with Gasteiger partial charge in [-0.05, 0) is 12.3 Å². The van der Waals surface area contributed by atoms with Crippen LogP contribution in [-0.2, 0) is 3.79 Å². The fraction of sp³-hybridized carbons (Fsp3) is 1.00. The lowest BCUT2D eigenvalue weighted by molar-refractivity contribution is 0.349. The first-order chi connectivity index (χ1) is 5.18. The molecule has 0 rings (SSSR count). The number of rotatable bonds is 4. The van der Waals surface area contributed by atoms with E-state index in [9.17, 15) is 0 Å². The van der Waals surface area contributed by atoms with Gasteiger partial charge in [-0.2, -0.15) is 0 Å². The van der Waals surface area contributed by atoms with Gasteiger partial charge >= 0.3 is 16.6 Å². The average molecular weight is 174 g/mol. The van der Waals surface area contributed by atoms with E-state index in [1.807, 2.05) is 0 Å². The summed E-state index contributed by atoms with van der Waals surface area (Å²) in [5, 5.41) is 0. The van der Waals surface area contributed by atoms with Crippen molar-refractivity contribution in [3.63, 3.8) is 0 Å². The van der Waals surface area contributed by atoms with Gasteiger partial charge in [0.1, 0.15) is 0 Å². The van der Waals surface area contributed by atoms with Crippen LogP contribution in [0.25, 0.3) is 0 Å². The molecule has 0 aliphatic rings. The summed E-state index contributed by atoms with van der Waals surface area (Å²) in [4.78, 5) is 0. The Kier molecular flexibility index (Phi) is 16.7. The zero-order valence-corrected chi connectivity index (χ0v) is 10.8. The van der Waals surface area contributed by atoms with E-state index in [0.29, 0.717) is 0 Å². The maximum atomic E-state index is 4.83. The summed E-state index contributed by atoms with van der Waals surface area (Å²) in [5.41, 5.74) is 0. The lowest BCUT2D eigenvalue weighted by atomic mass is 10.1. The Morgan fingerprint density at radius 1 is 1.18 bits per heavy atom. The fourth-order valence-electron chi connectivity index (χ4n) is 0.781. The van der Waals surface area contributed by atoms with Gasteiger partial charge in [-0.15, -0.1) is 0 Å². The summed E-state index contributed by atoms with van der Waals surface area (Å²) in [6.45, 7) is 9.79. The van der Waals surface area contributed by atoms with Crippen LogP contribution in [0.15, 0.2) is 0 Å². The summed E-state index contributed by atoms with van der Waals surface area (Å²) in [7, 11) is 0. The fourth-order valence-corrected chi connectivity index (χ4v) is 1.19. The molecule has 0 aromatic heterocycles. The largest absolute Gasteiger partial charge is 0.506 e. The summed E-state index contributed by atoms with van der Waals surface area (Å²) in [6.07, 6.45) is 3.86. The molecule has 0 fully saturated rings. The molecule has 0 bridgehead atoms. The third-order valence-electron chi connectivity index (χ3n) is 1.27. The van der Waals surface area contributed by atoms with E-state index in [1.165, 1.54) is 12.8 Å². The molecule has 0 aliphatic carbocycles. The van der Waals surface area contributed by atoms with E-state index >= 15 is 0 Å². The Balaban J connectivity index is 0. The molecule has 0 radical (unpaired) electrons. The van der Waals surface area contributed by atoms with Crippen LogP contribution in [0, 0.1) is 5.92 Å². The van der Waals surface area contributed by atoms with E-state index < -0.39 is 0 Å². The molecular formula is C9H23AlO. The molecule has 0 saturated heterocycles. The predicted octanol–water partition coefficient (Wildman–Crippen LogP) is 2.40. The minimum absolute atomic E-state index is 0.898. The highest BCUT2D eigenvalue weighted by Crippen LogP contribution is 2.00. The van der Waals surface area contributed by atoms with E-state index in [1.54, 1.807) is 0 Å². The van der Waals surface area contributed by atoms with E-state index in [-0.39, 0.29) is 0 Å². The van der Waals surface area contributed by atoms with Crippen molar-refractivity contribution in [2.75, 3.05) is 6.61 Å². The van der Waals surface area contributed by atoms with Crippen molar-refractivity contribution >= 4 is 16.6 Å². The van der Waals surface area contributed by atoms with E-state index in [4.69, 9.17) is 3.79 Å². The Hall–Kier alpha value is 0.492. The van der Waals surface area contributed by atoms with Crippen LogP contribution >= 0.6 is 0 Å². The lowest BCUT2D eigenvalue weighted by Crippen LogP contribution is -1.83. The number of hydrogen-bond donors (Lipinski definition) is 0. The molecule has 0 saturated carbocycles. The first-order valence-electron chi connectivity index (χ1n) is 4.67. The average Bonchev–Trinajstić information content (AvgIpc) is 1.90. The Labute approximate surface area is 80.3 Å². The van der Waals surface area contributed by atoms with Crippen molar-refractivity contribution in [3.05, 3.63) is 0 Å². The van der Waals surface area contributed by atoms with Gasteiger partial charge in [0.05, 0.1) is 0 Å². The van der Waals surface area contributed by atoms with E-state index in [2.05, 4.69) is 27.7 Å². The van der Waals surface area contributed by atoms with Crippen LogP contribution in [0.1, 0.15) is 47.0 Å². The smallest absolute Gasteiger partial charge is 0.410 e. The normalized spacial score (nSPS) is 9.18. The summed E-state index contributed by atoms with van der Waals surface area (Å²) < 4.78 is 4.83. The lowest BCUT2D eigenvalue weighted by Gasteiger charge is -1.95. The van der Waals surface area contributed by atoms with Gasteiger partial charge in [-0.3, -0.25) is 0 Å². The summed E-state index contributed by atoms with van der Waals surface area (Å²) in [5.74, 6) is 0.898. The van der Waals surface area contributed by atoms with Gasteiger partial charge in [0.2, 0.25) is 0 Å². The molecule has 0 amide bonds. The molecule has 68 valence electrons. The van der Waals surface area contributed by atoms with Crippen LogP contribution in [0.5, 0.6) is 0 Å². The zero-order chi connectivity index (χ0) is 9.11. The monoisotopic (exact) mass is 174 g/mol. The third-order valence-corrected chi connectivity index (χ3v) is 1.68. The van der Waals surface area contributed by atoms with Crippen LogP contribution in [0.4, 0.5) is 0 Å². The molecule has 0 unspecified atom stereocenters. The third kappa shape index (κ3) is 25.1. The highest BCUT2D eigenvalue weighted by Gasteiger charge is 1.85. The van der Waals surface area contributed by atoms with Gasteiger partial charge in [-0.1, -0.05) is 40.5 Å². The Bertz CT molecular complexity index is 53.5. The molecule has 2 heteroatoms. The highest BCUT2D eigenvalue weighted by molar-refractivity contribution is 5.97. The molecular weight excluding hydrogens is 151 g/mol. The van der Waals surface area contributed by atoms with Crippen LogP contribution in [0.2, 0.25) is 0 Å². The van der Waals surface area contributed by atoms with E-state index in [0.717, 1.165) is 35.6 Å². The van der Waals surface area contributed by atoms with Crippen molar-refractivity contribution in [2.45, 2.75) is 47.0 Å². The topological polar surface area (TPSA) is 9.23 Å². The van der Waals surface area contributed by atoms with Gasteiger partial charge in [-0.25, -0.2) is 0 Å². The molecule has 0 aromatic carbocycles. The molecule has 0 aromatic rings. The summed E-state index contributed by atoms with van der Waals surface area (Å²) >= 11 is 0.899. The van der Waals surface area contributed by atoms with Crippen LogP contribution in [-0.4, -0.2) is 23.2 Å².